The van der Waals surface area contributed by atoms with Gasteiger partial charge < -0.3 is 15.4 Å². The van der Waals surface area contributed by atoms with Crippen molar-refractivity contribution in [3.63, 3.8) is 0 Å². The fourth-order valence-electron chi connectivity index (χ4n) is 5.12. The van der Waals surface area contributed by atoms with Crippen molar-refractivity contribution < 1.29 is 23.6 Å². The molecule has 8 nitrogen and oxygen atoms in total. The highest BCUT2D eigenvalue weighted by atomic mass is 35.5. The van der Waals surface area contributed by atoms with Crippen LogP contribution in [-0.4, -0.2) is 36.7 Å². The minimum Gasteiger partial charge on any atom is -0.484 e. The number of hydrogen-bond acceptors (Lipinski definition) is 6. The van der Waals surface area contributed by atoms with Crippen molar-refractivity contribution in [3.05, 3.63) is 64.9 Å². The van der Waals surface area contributed by atoms with Crippen molar-refractivity contribution in [2.45, 2.75) is 37.2 Å². The second kappa shape index (κ2) is 9.50. The lowest BCUT2D eigenvalue weighted by atomic mass is 9.76. The Labute approximate surface area is 201 Å². The molecular weight excluding hydrogens is 463 g/mol. The molecule has 10 heteroatoms. The van der Waals surface area contributed by atoms with E-state index < -0.39 is 5.82 Å². The zero-order valence-corrected chi connectivity index (χ0v) is 19.1. The summed E-state index contributed by atoms with van der Waals surface area (Å²) in [5.74, 6) is -0.563. The van der Waals surface area contributed by atoms with Crippen molar-refractivity contribution in [2.75, 3.05) is 13.2 Å². The summed E-state index contributed by atoms with van der Waals surface area (Å²) in [6, 6.07) is 13.8. The largest absolute Gasteiger partial charge is 0.484 e. The van der Waals surface area contributed by atoms with E-state index in [1.807, 2.05) is 30.3 Å². The summed E-state index contributed by atoms with van der Waals surface area (Å²) in [4.78, 5) is 30.8. The second-order valence-corrected chi connectivity index (χ2v) is 9.57. The lowest BCUT2D eigenvalue weighted by Crippen LogP contribution is -2.53. The smallest absolute Gasteiger partial charge is 0.258 e. The van der Waals surface area contributed by atoms with Crippen LogP contribution in [0.4, 0.5) is 4.39 Å². The van der Waals surface area contributed by atoms with Crippen LogP contribution < -0.4 is 26.2 Å². The second-order valence-electron chi connectivity index (χ2n) is 9.16. The van der Waals surface area contributed by atoms with Gasteiger partial charge in [0.05, 0.1) is 5.02 Å². The highest BCUT2D eigenvalue weighted by Crippen LogP contribution is 2.55. The van der Waals surface area contributed by atoms with Crippen LogP contribution in [0.3, 0.4) is 0 Å². The molecule has 0 aromatic heterocycles. The number of ether oxygens (including phenoxy) is 1. The molecule has 4 N–H and O–H groups in total. The van der Waals surface area contributed by atoms with Crippen LogP contribution in [0.2, 0.25) is 5.02 Å². The number of hydrogen-bond donors (Lipinski definition) is 4. The number of amides is 2. The predicted octanol–water partition coefficient (Wildman–Crippen LogP) is 2.41. The van der Waals surface area contributed by atoms with Crippen LogP contribution in [0, 0.1) is 17.7 Å². The molecule has 3 aliphatic carbocycles. The first-order valence-electron chi connectivity index (χ1n) is 11.3. The maximum absolute atomic E-state index is 13.5. The number of nitrogens with one attached hydrogen (secondary N) is 4. The van der Waals surface area contributed by atoms with Gasteiger partial charge in [-0.1, -0.05) is 41.9 Å². The normalized spacial score (nSPS) is 29.4. The number of hydroxylamine groups is 1. The van der Waals surface area contributed by atoms with Gasteiger partial charge in [-0.15, -0.1) is 0 Å². The molecule has 1 heterocycles. The Bertz CT molecular complexity index is 1070. The molecule has 0 spiro atoms. The first-order chi connectivity index (χ1) is 16.4. The van der Waals surface area contributed by atoms with Gasteiger partial charge in [-0.3, -0.25) is 19.7 Å². The lowest BCUT2D eigenvalue weighted by molar-refractivity contribution is -0.126. The van der Waals surface area contributed by atoms with Gasteiger partial charge in [0.25, 0.3) is 5.91 Å². The molecule has 3 unspecified atom stereocenters. The zero-order valence-electron chi connectivity index (χ0n) is 18.4. The molecule has 4 aliphatic rings. The average Bonchev–Trinajstić information content (AvgIpc) is 3.52. The molecule has 3 atom stereocenters. The van der Waals surface area contributed by atoms with E-state index in [4.69, 9.17) is 21.2 Å². The number of halogens is 2. The summed E-state index contributed by atoms with van der Waals surface area (Å²) >= 11 is 5.65. The fraction of sp³-hybridized carbons (Fsp3) is 0.417. The third-order valence-electron chi connectivity index (χ3n) is 6.75. The molecule has 2 amide bonds. The van der Waals surface area contributed by atoms with Gasteiger partial charge in [0, 0.05) is 24.1 Å². The summed E-state index contributed by atoms with van der Waals surface area (Å²) in [6.07, 6.45) is 1.66. The quantitative estimate of drug-likeness (QED) is 0.455. The maximum Gasteiger partial charge on any atom is 0.258 e. The molecule has 2 aromatic rings. The minimum atomic E-state index is -0.602. The zero-order chi connectivity index (χ0) is 23.7. The number of fused-ring (bicyclic) bond motifs is 1. The van der Waals surface area contributed by atoms with E-state index in [9.17, 15) is 14.0 Å². The van der Waals surface area contributed by atoms with Crippen molar-refractivity contribution in [3.8, 4) is 5.75 Å². The molecule has 3 saturated carbocycles. The maximum atomic E-state index is 13.5. The Balaban J connectivity index is 1.05. The van der Waals surface area contributed by atoms with Crippen LogP contribution in [0.15, 0.2) is 48.5 Å². The molecule has 4 fully saturated rings. The summed E-state index contributed by atoms with van der Waals surface area (Å²) in [5, 5.41) is 9.30. The first-order valence-corrected chi connectivity index (χ1v) is 11.7. The number of carbonyl (C=O) groups excluding carboxylic acids is 2. The standard InChI is InChI=1S/C24H26ClFN4O4/c25-18-7-6-16(8-19(18)26)33-13-21(31)29-24-9-15(10-24)17(11-24)22(32)27-12-20-28-23(34-30-20)14-4-2-1-3-5-14/h1-8,15,17,20,23,28,30H,9-13H2,(H,27,32)(H,29,31). The molecule has 34 heavy (non-hydrogen) atoms. The topological polar surface area (TPSA) is 101 Å². The highest BCUT2D eigenvalue weighted by molar-refractivity contribution is 6.30. The summed E-state index contributed by atoms with van der Waals surface area (Å²) in [7, 11) is 0. The van der Waals surface area contributed by atoms with E-state index in [1.54, 1.807) is 0 Å². The predicted molar refractivity (Wildman–Crippen MR) is 122 cm³/mol. The Morgan fingerprint density at radius 2 is 1.97 bits per heavy atom. The SMILES string of the molecule is O=C(COc1ccc(Cl)c(F)c1)NC12CC(C1)C(C(=O)NCC1NOC(c3ccccc3)N1)C2. The van der Waals surface area contributed by atoms with Gasteiger partial charge in [-0.25, -0.2) is 4.39 Å². The number of rotatable bonds is 8. The minimum absolute atomic E-state index is 0.00509. The van der Waals surface area contributed by atoms with Crippen molar-refractivity contribution in [1.29, 1.82) is 0 Å². The van der Waals surface area contributed by atoms with Crippen LogP contribution in [-0.2, 0) is 14.4 Å². The van der Waals surface area contributed by atoms with Gasteiger partial charge in [0.15, 0.2) is 12.8 Å². The van der Waals surface area contributed by atoms with Gasteiger partial charge in [0.1, 0.15) is 17.7 Å². The molecular formula is C24H26ClFN4O4. The van der Waals surface area contributed by atoms with E-state index in [0.717, 1.165) is 24.5 Å². The van der Waals surface area contributed by atoms with Crippen molar-refractivity contribution in [2.24, 2.45) is 11.8 Å². The lowest BCUT2D eigenvalue weighted by Gasteiger charge is -2.39. The van der Waals surface area contributed by atoms with Crippen molar-refractivity contribution in [1.82, 2.24) is 21.4 Å². The molecule has 180 valence electrons. The van der Waals surface area contributed by atoms with Gasteiger partial charge in [0.2, 0.25) is 5.91 Å². The average molecular weight is 489 g/mol. The first kappa shape index (κ1) is 23.0. The third kappa shape index (κ3) is 4.88. The highest BCUT2D eigenvalue weighted by Gasteiger charge is 2.58. The van der Waals surface area contributed by atoms with E-state index in [1.165, 1.54) is 12.1 Å². The van der Waals surface area contributed by atoms with Crippen LogP contribution in [0.25, 0.3) is 0 Å². The molecule has 6 rings (SSSR count). The molecule has 1 saturated heterocycles. The fourth-order valence-corrected chi connectivity index (χ4v) is 5.23. The van der Waals surface area contributed by atoms with Gasteiger partial charge >= 0.3 is 0 Å². The van der Waals surface area contributed by atoms with Crippen LogP contribution in [0.1, 0.15) is 31.1 Å². The Kier molecular flexibility index (Phi) is 6.44. The van der Waals surface area contributed by atoms with E-state index in [0.29, 0.717) is 13.0 Å². The number of carbonyl (C=O) groups is 2. The van der Waals surface area contributed by atoms with E-state index in [2.05, 4.69) is 21.4 Å². The van der Waals surface area contributed by atoms with E-state index in [-0.39, 0.29) is 59.0 Å². The Hall–Kier alpha value is -2.72. The Morgan fingerprint density at radius 3 is 2.74 bits per heavy atom. The van der Waals surface area contributed by atoms with Crippen LogP contribution >= 0.6 is 11.6 Å². The molecule has 2 aromatic carbocycles. The Morgan fingerprint density at radius 1 is 1.18 bits per heavy atom. The third-order valence-corrected chi connectivity index (χ3v) is 7.06. The van der Waals surface area contributed by atoms with Gasteiger partial charge in [-0.2, -0.15) is 5.48 Å². The molecule has 1 aliphatic heterocycles. The summed E-state index contributed by atoms with van der Waals surface area (Å²) in [6.45, 7) is 0.155. The van der Waals surface area contributed by atoms with Crippen molar-refractivity contribution >= 4 is 23.4 Å². The molecule has 0 radical (unpaired) electrons. The molecule has 2 bridgehead atoms. The van der Waals surface area contributed by atoms with E-state index >= 15 is 0 Å². The monoisotopic (exact) mass is 488 g/mol. The van der Waals surface area contributed by atoms with Crippen LogP contribution in [0.5, 0.6) is 5.75 Å². The van der Waals surface area contributed by atoms with Gasteiger partial charge in [-0.05, 0) is 42.9 Å². The summed E-state index contributed by atoms with van der Waals surface area (Å²) < 4.78 is 18.9. The number of benzene rings is 2. The summed E-state index contributed by atoms with van der Waals surface area (Å²) in [5.41, 5.74) is 3.54.